The molecule has 0 amide bonds. The number of sulfone groups is 1. The lowest BCUT2D eigenvalue weighted by Crippen LogP contribution is -2.48. The first kappa shape index (κ1) is 32.3. The number of carbonyl (C=O) groups is 1. The number of aromatic hydroxyl groups is 1. The molecule has 0 radical (unpaired) electrons. The standard InChI is InChI=1S/C36H35NO8S/c1-4-36(2,37-21-22-43-28-15-9-25(10-16-28)35(39)40)45-33-8-6-5-7-32(33)44-34-30(19-13-26-23-27(38)14-20-31(26)34)24-11-17-29(18-12-24)46(3,41)42/h5-20,23,37-38H,4,21-22H2,1-3H3,(H,39,40). The molecule has 0 aliphatic carbocycles. The van der Waals surface area contributed by atoms with E-state index in [-0.39, 0.29) is 16.2 Å². The minimum atomic E-state index is -3.36. The van der Waals surface area contributed by atoms with Gasteiger partial charge in [-0.25, -0.2) is 13.2 Å². The summed E-state index contributed by atoms with van der Waals surface area (Å²) in [6, 6.07) is 29.0. The van der Waals surface area contributed by atoms with Gasteiger partial charge >= 0.3 is 5.97 Å². The zero-order chi connectivity index (χ0) is 32.9. The van der Waals surface area contributed by atoms with Crippen molar-refractivity contribution in [3.63, 3.8) is 0 Å². The Morgan fingerprint density at radius 2 is 1.59 bits per heavy atom. The predicted molar refractivity (Wildman–Crippen MR) is 177 cm³/mol. The summed E-state index contributed by atoms with van der Waals surface area (Å²) in [5.74, 6) is 1.18. The van der Waals surface area contributed by atoms with E-state index < -0.39 is 21.5 Å². The largest absolute Gasteiger partial charge is 0.508 e. The molecule has 0 aliphatic rings. The van der Waals surface area contributed by atoms with E-state index in [0.717, 1.165) is 21.9 Å². The Labute approximate surface area is 267 Å². The zero-order valence-corrected chi connectivity index (χ0v) is 26.5. The van der Waals surface area contributed by atoms with Crippen LogP contribution in [0, 0.1) is 0 Å². The molecule has 10 heteroatoms. The molecule has 3 N–H and O–H groups in total. The third-order valence-electron chi connectivity index (χ3n) is 7.59. The Balaban J connectivity index is 1.39. The predicted octanol–water partition coefficient (Wildman–Crippen LogP) is 7.28. The lowest BCUT2D eigenvalue weighted by atomic mass is 9.99. The summed E-state index contributed by atoms with van der Waals surface area (Å²) in [6.07, 6.45) is 1.78. The fourth-order valence-electron chi connectivity index (χ4n) is 4.89. The van der Waals surface area contributed by atoms with Gasteiger partial charge in [-0.15, -0.1) is 0 Å². The molecule has 5 rings (SSSR count). The normalized spacial score (nSPS) is 12.8. The average Bonchev–Trinajstić information content (AvgIpc) is 3.04. The second kappa shape index (κ2) is 13.5. The number of phenolic OH excluding ortho intramolecular Hbond substituents is 1. The summed E-state index contributed by atoms with van der Waals surface area (Å²) in [4.78, 5) is 11.3. The number of carboxylic acid groups (broad SMARTS) is 1. The smallest absolute Gasteiger partial charge is 0.335 e. The van der Waals surface area contributed by atoms with Gasteiger partial charge in [0, 0.05) is 23.8 Å². The highest BCUT2D eigenvalue weighted by Gasteiger charge is 2.26. The molecule has 0 aromatic heterocycles. The van der Waals surface area contributed by atoms with E-state index in [1.807, 2.05) is 50.2 Å². The molecule has 1 unspecified atom stereocenters. The van der Waals surface area contributed by atoms with Crippen LogP contribution >= 0.6 is 0 Å². The first-order valence-electron chi connectivity index (χ1n) is 14.7. The molecular formula is C36H35NO8S. The van der Waals surface area contributed by atoms with Gasteiger partial charge < -0.3 is 24.4 Å². The molecule has 5 aromatic carbocycles. The quantitative estimate of drug-likeness (QED) is 0.0896. The van der Waals surface area contributed by atoms with Gasteiger partial charge in [-0.2, -0.15) is 0 Å². The summed E-state index contributed by atoms with van der Waals surface area (Å²) >= 11 is 0. The molecule has 0 aliphatic heterocycles. The maximum Gasteiger partial charge on any atom is 0.335 e. The van der Waals surface area contributed by atoms with Gasteiger partial charge in [-0.05, 0) is 97.1 Å². The van der Waals surface area contributed by atoms with Gasteiger partial charge in [0.25, 0.3) is 0 Å². The Morgan fingerprint density at radius 1 is 0.891 bits per heavy atom. The van der Waals surface area contributed by atoms with E-state index in [4.69, 9.17) is 19.3 Å². The number of hydrogen-bond acceptors (Lipinski definition) is 8. The van der Waals surface area contributed by atoms with Crippen molar-refractivity contribution in [1.82, 2.24) is 5.32 Å². The number of para-hydroxylation sites is 2. The molecule has 0 saturated carbocycles. The van der Waals surface area contributed by atoms with Crippen LogP contribution in [0.1, 0.15) is 30.6 Å². The number of aromatic carboxylic acids is 1. The fourth-order valence-corrected chi connectivity index (χ4v) is 5.52. The highest BCUT2D eigenvalue weighted by atomic mass is 32.2. The molecule has 46 heavy (non-hydrogen) atoms. The van der Waals surface area contributed by atoms with Crippen LogP contribution in [0.15, 0.2) is 108 Å². The van der Waals surface area contributed by atoms with E-state index in [1.54, 1.807) is 54.6 Å². The van der Waals surface area contributed by atoms with Gasteiger partial charge in [0.2, 0.25) is 0 Å². The maximum atomic E-state index is 12.1. The van der Waals surface area contributed by atoms with E-state index in [0.29, 0.717) is 42.6 Å². The Morgan fingerprint density at radius 3 is 2.24 bits per heavy atom. The maximum absolute atomic E-state index is 12.1. The SMILES string of the molecule is CCC(C)(NCCOc1ccc(C(=O)O)cc1)Oc1ccccc1Oc1c(-c2ccc(S(C)(=O)=O)cc2)ccc2cc(O)ccc12. The van der Waals surface area contributed by atoms with Crippen LogP contribution in [-0.2, 0) is 9.84 Å². The van der Waals surface area contributed by atoms with E-state index >= 15 is 0 Å². The number of phenols is 1. The summed E-state index contributed by atoms with van der Waals surface area (Å²) in [5.41, 5.74) is 0.897. The second-order valence-electron chi connectivity index (χ2n) is 11.0. The van der Waals surface area contributed by atoms with Crippen molar-refractivity contribution in [2.75, 3.05) is 19.4 Å². The number of nitrogens with one attached hydrogen (secondary N) is 1. The van der Waals surface area contributed by atoms with Crippen LogP contribution in [0.25, 0.3) is 21.9 Å². The molecule has 9 nitrogen and oxygen atoms in total. The van der Waals surface area contributed by atoms with Gasteiger partial charge in [0.1, 0.15) is 23.9 Å². The Bertz CT molecular complexity index is 1960. The van der Waals surface area contributed by atoms with Gasteiger partial charge in [-0.3, -0.25) is 5.32 Å². The topological polar surface area (TPSA) is 131 Å². The molecule has 238 valence electrons. The van der Waals surface area contributed by atoms with E-state index in [2.05, 4.69) is 5.32 Å². The van der Waals surface area contributed by atoms with E-state index in [9.17, 15) is 18.3 Å². The van der Waals surface area contributed by atoms with Crippen LogP contribution in [-0.4, -0.2) is 49.7 Å². The van der Waals surface area contributed by atoms with Crippen LogP contribution in [0.2, 0.25) is 0 Å². The fraction of sp³-hybridized carbons (Fsp3) is 0.194. The highest BCUT2D eigenvalue weighted by molar-refractivity contribution is 7.90. The summed E-state index contributed by atoms with van der Waals surface area (Å²) in [6.45, 7) is 4.71. The second-order valence-corrected chi connectivity index (χ2v) is 13.0. The lowest BCUT2D eigenvalue weighted by molar-refractivity contribution is 0.0419. The van der Waals surface area contributed by atoms with Gasteiger partial charge in [0.05, 0.1) is 10.5 Å². The Hall–Kier alpha value is -5.06. The number of rotatable bonds is 13. The van der Waals surface area contributed by atoms with Crippen LogP contribution in [0.3, 0.4) is 0 Å². The van der Waals surface area contributed by atoms with Crippen LogP contribution in [0.4, 0.5) is 0 Å². The Kier molecular flexibility index (Phi) is 9.50. The number of hydrogen-bond donors (Lipinski definition) is 3. The van der Waals surface area contributed by atoms with Crippen molar-refractivity contribution in [3.8, 4) is 39.9 Å². The van der Waals surface area contributed by atoms with Crippen molar-refractivity contribution >= 4 is 26.6 Å². The minimum Gasteiger partial charge on any atom is -0.508 e. The number of carboxylic acids is 1. The third-order valence-corrected chi connectivity index (χ3v) is 8.72. The van der Waals surface area contributed by atoms with Crippen LogP contribution < -0.4 is 19.5 Å². The highest BCUT2D eigenvalue weighted by Crippen LogP contribution is 2.43. The van der Waals surface area contributed by atoms with Crippen molar-refractivity contribution in [2.45, 2.75) is 30.9 Å². The zero-order valence-electron chi connectivity index (χ0n) is 25.7. The minimum absolute atomic E-state index is 0.124. The van der Waals surface area contributed by atoms with E-state index in [1.165, 1.54) is 18.4 Å². The molecule has 0 fully saturated rings. The average molecular weight is 642 g/mol. The molecule has 0 bridgehead atoms. The molecule has 5 aromatic rings. The summed E-state index contributed by atoms with van der Waals surface area (Å²) in [7, 11) is -3.36. The van der Waals surface area contributed by atoms with Crippen molar-refractivity contribution in [3.05, 3.63) is 109 Å². The first-order valence-corrected chi connectivity index (χ1v) is 16.6. The summed E-state index contributed by atoms with van der Waals surface area (Å²) in [5, 5.41) is 24.1. The molecule has 0 saturated heterocycles. The number of benzene rings is 5. The number of ether oxygens (including phenoxy) is 3. The lowest BCUT2D eigenvalue weighted by Gasteiger charge is -2.31. The van der Waals surface area contributed by atoms with Crippen molar-refractivity contribution in [2.24, 2.45) is 0 Å². The third kappa shape index (κ3) is 7.59. The first-order chi connectivity index (χ1) is 22.0. The monoisotopic (exact) mass is 641 g/mol. The molecular weight excluding hydrogens is 606 g/mol. The van der Waals surface area contributed by atoms with Crippen molar-refractivity contribution < 1.29 is 37.6 Å². The molecule has 0 spiro atoms. The molecule has 1 atom stereocenters. The number of fused-ring (bicyclic) bond motifs is 1. The summed E-state index contributed by atoms with van der Waals surface area (Å²) < 4.78 is 43.0. The van der Waals surface area contributed by atoms with Crippen molar-refractivity contribution in [1.29, 1.82) is 0 Å². The van der Waals surface area contributed by atoms with Crippen LogP contribution in [0.5, 0.6) is 28.7 Å². The van der Waals surface area contributed by atoms with Gasteiger partial charge in [-0.1, -0.05) is 37.3 Å². The van der Waals surface area contributed by atoms with Gasteiger partial charge in [0.15, 0.2) is 27.1 Å². The molecule has 0 heterocycles.